The average Bonchev–Trinajstić information content (AvgIpc) is 3.79. The zero-order valence-corrected chi connectivity index (χ0v) is 22.8. The van der Waals surface area contributed by atoms with E-state index in [0.29, 0.717) is 18.8 Å². The van der Waals surface area contributed by atoms with Crippen molar-refractivity contribution in [2.45, 2.75) is 43.7 Å². The number of aryl methyl sites for hydroxylation is 1. The Morgan fingerprint density at radius 2 is 1.63 bits per heavy atom. The van der Waals surface area contributed by atoms with E-state index in [0.717, 1.165) is 74.3 Å². The predicted molar refractivity (Wildman–Crippen MR) is 160 cm³/mol. The number of aromatic nitrogens is 5. The fourth-order valence-electron chi connectivity index (χ4n) is 6.72. The van der Waals surface area contributed by atoms with Gasteiger partial charge in [0.15, 0.2) is 11.3 Å². The largest absolute Gasteiger partial charge is 0.389 e. The van der Waals surface area contributed by atoms with Crippen LogP contribution in [0.4, 0.5) is 0 Å². The first-order chi connectivity index (χ1) is 19.9. The van der Waals surface area contributed by atoms with Crippen LogP contribution in [0.5, 0.6) is 0 Å². The Balaban J connectivity index is 1.27. The van der Waals surface area contributed by atoms with Crippen LogP contribution in [-0.2, 0) is 5.54 Å². The van der Waals surface area contributed by atoms with Gasteiger partial charge in [-0.25, -0.2) is 9.97 Å². The summed E-state index contributed by atoms with van der Waals surface area (Å²) < 4.78 is 1.85. The van der Waals surface area contributed by atoms with E-state index in [2.05, 4.69) is 47.4 Å². The van der Waals surface area contributed by atoms with Gasteiger partial charge in [0, 0.05) is 46.2 Å². The first kappa shape index (κ1) is 24.3. The van der Waals surface area contributed by atoms with Crippen LogP contribution in [0.2, 0.25) is 0 Å². The lowest BCUT2D eigenvalue weighted by Crippen LogP contribution is -2.60. The minimum Gasteiger partial charge on any atom is -0.389 e. The summed E-state index contributed by atoms with van der Waals surface area (Å²) in [6, 6.07) is 24.8. The number of pyridine rings is 2. The summed E-state index contributed by atoms with van der Waals surface area (Å²) in [4.78, 5) is 14.4. The second kappa shape index (κ2) is 8.77. The summed E-state index contributed by atoms with van der Waals surface area (Å²) in [5.74, 6) is 0.421. The second-order valence-electron chi connectivity index (χ2n) is 11.8. The highest BCUT2D eigenvalue weighted by molar-refractivity contribution is 5.92. The Morgan fingerprint density at radius 3 is 2.34 bits per heavy atom. The summed E-state index contributed by atoms with van der Waals surface area (Å²) in [7, 11) is 0. The highest BCUT2D eigenvalue weighted by Crippen LogP contribution is 2.57. The smallest absolute Gasteiger partial charge is 0.165 e. The average molecular weight is 539 g/mol. The molecule has 2 aliphatic rings. The van der Waals surface area contributed by atoms with Crippen molar-refractivity contribution >= 4 is 16.7 Å². The Hall–Kier alpha value is -4.46. The maximum atomic E-state index is 10.9. The molecule has 0 aliphatic heterocycles. The molecule has 2 fully saturated rings. The molecule has 4 heterocycles. The van der Waals surface area contributed by atoms with Crippen LogP contribution >= 0.6 is 0 Å². The van der Waals surface area contributed by atoms with Gasteiger partial charge in [-0.2, -0.15) is 9.61 Å². The summed E-state index contributed by atoms with van der Waals surface area (Å²) >= 11 is 0. The van der Waals surface area contributed by atoms with E-state index >= 15 is 0 Å². The number of benzene rings is 2. The molecular weight excluding hydrogens is 508 g/mol. The quantitative estimate of drug-likeness (QED) is 0.276. The standard InChI is InChI=1S/C34H30N6O/c1-21-29(24-8-5-15-36-17-24)32-37-18-25-16-28(22-6-3-2-4-7-22)30(38-31(25)40(32)39-21)23-9-11-26(12-10-23)33(35)19-34(41,20-33)27-13-14-27/h2-12,15-18,27,41H,13-14,19-20,35H2,1H3. The molecule has 8 rings (SSSR count). The maximum absolute atomic E-state index is 10.9. The molecule has 6 aromatic rings. The number of nitrogens with two attached hydrogens (primary N) is 1. The molecule has 41 heavy (non-hydrogen) atoms. The van der Waals surface area contributed by atoms with E-state index in [1.54, 1.807) is 6.20 Å². The summed E-state index contributed by atoms with van der Waals surface area (Å²) in [6.45, 7) is 1.99. The van der Waals surface area contributed by atoms with Crippen molar-refractivity contribution in [2.75, 3.05) is 0 Å². The van der Waals surface area contributed by atoms with Crippen molar-refractivity contribution in [1.82, 2.24) is 24.6 Å². The third-order valence-electron chi connectivity index (χ3n) is 8.94. The first-order valence-corrected chi connectivity index (χ1v) is 14.2. The van der Waals surface area contributed by atoms with Gasteiger partial charge in [0.05, 0.1) is 22.6 Å². The topological polar surface area (TPSA) is 102 Å². The van der Waals surface area contributed by atoms with E-state index in [1.165, 1.54) is 0 Å². The van der Waals surface area contributed by atoms with Gasteiger partial charge in [0.1, 0.15) is 0 Å². The van der Waals surface area contributed by atoms with Crippen LogP contribution in [0, 0.1) is 12.8 Å². The van der Waals surface area contributed by atoms with Gasteiger partial charge in [-0.3, -0.25) is 4.98 Å². The maximum Gasteiger partial charge on any atom is 0.165 e. The summed E-state index contributed by atoms with van der Waals surface area (Å²) in [5.41, 5.74) is 15.0. The molecule has 0 amide bonds. The van der Waals surface area contributed by atoms with Gasteiger partial charge in [-0.15, -0.1) is 0 Å². The number of rotatable bonds is 5. The number of aliphatic hydroxyl groups is 1. The van der Waals surface area contributed by atoms with Crippen LogP contribution in [0.15, 0.2) is 91.4 Å². The number of hydrogen-bond acceptors (Lipinski definition) is 6. The molecular formula is C34H30N6O. The number of fused-ring (bicyclic) bond motifs is 3. The van der Waals surface area contributed by atoms with E-state index in [-0.39, 0.29) is 0 Å². The number of nitrogens with zero attached hydrogens (tertiary/aromatic N) is 5. The van der Waals surface area contributed by atoms with Crippen molar-refractivity contribution in [3.05, 3.63) is 103 Å². The molecule has 4 aromatic heterocycles. The van der Waals surface area contributed by atoms with E-state index in [4.69, 9.17) is 20.8 Å². The van der Waals surface area contributed by atoms with E-state index in [1.807, 2.05) is 54.2 Å². The van der Waals surface area contributed by atoms with Gasteiger partial charge in [-0.1, -0.05) is 60.7 Å². The minimum atomic E-state index is -0.593. The monoisotopic (exact) mass is 538 g/mol. The van der Waals surface area contributed by atoms with Crippen molar-refractivity contribution in [1.29, 1.82) is 0 Å². The van der Waals surface area contributed by atoms with Gasteiger partial charge in [0.25, 0.3) is 0 Å². The van der Waals surface area contributed by atoms with Crippen molar-refractivity contribution in [2.24, 2.45) is 11.7 Å². The molecule has 0 bridgehead atoms. The van der Waals surface area contributed by atoms with Crippen molar-refractivity contribution < 1.29 is 5.11 Å². The number of hydrogen-bond donors (Lipinski definition) is 2. The third-order valence-corrected chi connectivity index (χ3v) is 8.94. The van der Waals surface area contributed by atoms with Crippen LogP contribution in [-0.4, -0.2) is 35.3 Å². The molecule has 2 aromatic carbocycles. The van der Waals surface area contributed by atoms with Crippen LogP contribution in [0.1, 0.15) is 36.9 Å². The van der Waals surface area contributed by atoms with Crippen molar-refractivity contribution in [3.8, 4) is 33.5 Å². The Bertz CT molecular complexity index is 1920. The van der Waals surface area contributed by atoms with Gasteiger partial charge >= 0.3 is 0 Å². The van der Waals surface area contributed by atoms with Crippen LogP contribution in [0.3, 0.4) is 0 Å². The molecule has 3 N–H and O–H groups in total. The molecule has 0 atom stereocenters. The van der Waals surface area contributed by atoms with E-state index < -0.39 is 11.1 Å². The van der Waals surface area contributed by atoms with Crippen molar-refractivity contribution in [3.63, 3.8) is 0 Å². The molecule has 2 saturated carbocycles. The Morgan fingerprint density at radius 1 is 0.878 bits per heavy atom. The van der Waals surface area contributed by atoms with Gasteiger partial charge in [-0.05, 0) is 61.8 Å². The molecule has 0 radical (unpaired) electrons. The predicted octanol–water partition coefficient (Wildman–Crippen LogP) is 6.07. The highest BCUT2D eigenvalue weighted by atomic mass is 16.3. The SMILES string of the molecule is Cc1nn2c(ncc3cc(-c4ccccc4)c(-c4ccc(C5(N)CC(O)(C6CC6)C5)cc4)nc32)c1-c1cccnc1. The second-order valence-corrected chi connectivity index (χ2v) is 11.8. The van der Waals surface area contributed by atoms with Gasteiger partial charge < -0.3 is 10.8 Å². The molecule has 7 heteroatoms. The fourth-order valence-corrected chi connectivity index (χ4v) is 6.72. The van der Waals surface area contributed by atoms with Crippen LogP contribution in [0.25, 0.3) is 50.2 Å². The van der Waals surface area contributed by atoms with E-state index in [9.17, 15) is 5.11 Å². The lowest BCUT2D eigenvalue weighted by Gasteiger charge is -2.52. The highest BCUT2D eigenvalue weighted by Gasteiger charge is 2.58. The summed E-state index contributed by atoms with van der Waals surface area (Å²) in [5, 5.41) is 16.7. The summed E-state index contributed by atoms with van der Waals surface area (Å²) in [6.07, 6.45) is 8.96. The lowest BCUT2D eigenvalue weighted by molar-refractivity contribution is -0.106. The lowest BCUT2D eigenvalue weighted by atomic mass is 9.60. The molecule has 2 aliphatic carbocycles. The molecule has 202 valence electrons. The fraction of sp³-hybridized carbons (Fsp3) is 0.235. The molecule has 0 saturated heterocycles. The Labute approximate surface area is 237 Å². The molecule has 7 nitrogen and oxygen atoms in total. The third kappa shape index (κ3) is 3.88. The van der Waals surface area contributed by atoms with Crippen LogP contribution < -0.4 is 5.73 Å². The molecule has 0 unspecified atom stereocenters. The Kier molecular flexibility index (Phi) is 5.21. The minimum absolute atomic E-state index is 0.421. The normalized spacial score (nSPS) is 22.2. The molecule has 0 spiro atoms. The zero-order valence-electron chi connectivity index (χ0n) is 22.8. The zero-order chi connectivity index (χ0) is 27.8. The van der Waals surface area contributed by atoms with Gasteiger partial charge in [0.2, 0.25) is 0 Å². The first-order valence-electron chi connectivity index (χ1n) is 14.2.